The molecule has 154 valence electrons. The Morgan fingerprint density at radius 2 is 1.59 bits per heavy atom. The van der Waals surface area contributed by atoms with E-state index in [-0.39, 0.29) is 12.3 Å². The van der Waals surface area contributed by atoms with Crippen LogP contribution in [0.1, 0.15) is 53.9 Å². The van der Waals surface area contributed by atoms with Crippen molar-refractivity contribution in [3.8, 4) is 0 Å². The van der Waals surface area contributed by atoms with Gasteiger partial charge in [0.05, 0.1) is 17.6 Å². The maximum Gasteiger partial charge on any atom is 0.178 e. The van der Waals surface area contributed by atoms with E-state index in [9.17, 15) is 30.6 Å². The van der Waals surface area contributed by atoms with E-state index in [1.54, 1.807) is 27.7 Å². The van der Waals surface area contributed by atoms with Crippen molar-refractivity contribution in [2.24, 2.45) is 28.6 Å². The Balaban J connectivity index is 1.92. The second kappa shape index (κ2) is 4.26. The molecule has 0 radical (unpaired) electrons. The van der Waals surface area contributed by atoms with Crippen molar-refractivity contribution in [3.63, 3.8) is 0 Å². The van der Waals surface area contributed by atoms with E-state index in [2.05, 4.69) is 0 Å². The second-order valence-corrected chi connectivity index (χ2v) is 10.8. The van der Waals surface area contributed by atoms with Gasteiger partial charge in [-0.15, -0.1) is 0 Å². The van der Waals surface area contributed by atoms with Crippen molar-refractivity contribution >= 4 is 0 Å². The van der Waals surface area contributed by atoms with Crippen LogP contribution in [0.25, 0.3) is 0 Å². The quantitative estimate of drug-likeness (QED) is 0.359. The summed E-state index contributed by atoms with van der Waals surface area (Å²) in [5.74, 6) is -3.68. The van der Waals surface area contributed by atoms with Gasteiger partial charge in [-0.2, -0.15) is 0 Å². The molecular formula is C20H32O7. The fourth-order valence-corrected chi connectivity index (χ4v) is 8.83. The highest BCUT2D eigenvalue weighted by molar-refractivity contribution is 5.51. The molecule has 4 saturated carbocycles. The normalized spacial score (nSPS) is 71.6. The van der Waals surface area contributed by atoms with Gasteiger partial charge < -0.3 is 35.4 Å². The summed E-state index contributed by atoms with van der Waals surface area (Å²) >= 11 is 0. The van der Waals surface area contributed by atoms with Gasteiger partial charge in [-0.25, -0.2) is 0 Å². The van der Waals surface area contributed by atoms with Crippen molar-refractivity contribution in [1.82, 2.24) is 0 Å². The Hall–Kier alpha value is -0.280. The molecule has 6 rings (SSSR count). The summed E-state index contributed by atoms with van der Waals surface area (Å²) in [4.78, 5) is 0. The summed E-state index contributed by atoms with van der Waals surface area (Å²) in [5.41, 5.74) is -10.1. The minimum Gasteiger partial charge on any atom is -0.390 e. The van der Waals surface area contributed by atoms with Gasteiger partial charge in [-0.3, -0.25) is 0 Å². The average Bonchev–Trinajstić information content (AvgIpc) is 2.82. The summed E-state index contributed by atoms with van der Waals surface area (Å²) in [6, 6.07) is 0. The molecule has 7 nitrogen and oxygen atoms in total. The molecule has 27 heavy (non-hydrogen) atoms. The predicted octanol–water partition coefficient (Wildman–Crippen LogP) is -0.495. The van der Waals surface area contributed by atoms with E-state index in [0.717, 1.165) is 0 Å². The minimum absolute atomic E-state index is 0.0189. The first kappa shape index (κ1) is 18.7. The third kappa shape index (κ3) is 1.20. The highest BCUT2D eigenvalue weighted by Crippen LogP contribution is 2.89. The van der Waals surface area contributed by atoms with E-state index in [4.69, 9.17) is 4.74 Å². The molecule has 6 aliphatic rings. The van der Waals surface area contributed by atoms with E-state index in [0.29, 0.717) is 12.8 Å². The molecule has 2 aliphatic heterocycles. The summed E-state index contributed by atoms with van der Waals surface area (Å²) in [5, 5.41) is 70.2. The van der Waals surface area contributed by atoms with E-state index >= 15 is 0 Å². The van der Waals surface area contributed by atoms with Crippen molar-refractivity contribution in [1.29, 1.82) is 0 Å². The van der Waals surface area contributed by atoms with Crippen LogP contribution in [0.5, 0.6) is 0 Å². The second-order valence-electron chi connectivity index (χ2n) is 10.8. The van der Waals surface area contributed by atoms with E-state index < -0.39 is 63.1 Å². The Morgan fingerprint density at radius 3 is 2.15 bits per heavy atom. The van der Waals surface area contributed by atoms with Gasteiger partial charge in [0, 0.05) is 17.8 Å². The highest BCUT2D eigenvalue weighted by Gasteiger charge is 3.04. The van der Waals surface area contributed by atoms with Crippen molar-refractivity contribution in [2.45, 2.75) is 94.3 Å². The largest absolute Gasteiger partial charge is 0.390 e. The van der Waals surface area contributed by atoms with Crippen LogP contribution in [0.4, 0.5) is 0 Å². The maximum absolute atomic E-state index is 12.3. The number of aliphatic hydroxyl groups excluding tert-OH is 2. The van der Waals surface area contributed by atoms with Crippen LogP contribution in [-0.4, -0.2) is 71.0 Å². The number of rotatable bonds is 1. The standard InChI is InChI=1S/C20H32O7/c1-9(2)18(25)13(22)11-14(4)8-17(24)15(18,5)19(11,26)20(27-17)12(21)10(3)6-7-16(14,20)23/h9-13,21-26H,6-8H2,1-5H3. The molecule has 4 aliphatic carbocycles. The monoisotopic (exact) mass is 384 g/mol. The van der Waals surface area contributed by atoms with Crippen LogP contribution in [-0.2, 0) is 4.74 Å². The van der Waals surface area contributed by atoms with Crippen LogP contribution in [0.3, 0.4) is 0 Å². The average molecular weight is 384 g/mol. The molecule has 0 aromatic carbocycles. The smallest absolute Gasteiger partial charge is 0.178 e. The van der Waals surface area contributed by atoms with Crippen LogP contribution < -0.4 is 0 Å². The van der Waals surface area contributed by atoms with Crippen molar-refractivity contribution in [2.75, 3.05) is 0 Å². The molecule has 0 amide bonds. The molecule has 2 saturated heterocycles. The SMILES string of the molecule is CC1CCC2(O)C3(C)CC4(O)OC2(C1O)C1(O)C3C(O)C(O)(C(C)C)C41C. The zero-order valence-electron chi connectivity index (χ0n) is 16.6. The zero-order valence-corrected chi connectivity index (χ0v) is 16.6. The fourth-order valence-electron chi connectivity index (χ4n) is 8.83. The lowest BCUT2D eigenvalue weighted by Crippen LogP contribution is -2.75. The molecule has 11 unspecified atom stereocenters. The predicted molar refractivity (Wildman–Crippen MR) is 93.2 cm³/mol. The number of ether oxygens (including phenoxy) is 1. The van der Waals surface area contributed by atoms with Gasteiger partial charge >= 0.3 is 0 Å². The molecule has 7 heteroatoms. The molecule has 1 spiro atoms. The lowest BCUT2D eigenvalue weighted by molar-refractivity contribution is -0.385. The molecular weight excluding hydrogens is 352 g/mol. The third-order valence-corrected chi connectivity index (χ3v) is 10.1. The Labute approximate surface area is 159 Å². The van der Waals surface area contributed by atoms with Crippen LogP contribution in [0.2, 0.25) is 0 Å². The van der Waals surface area contributed by atoms with Crippen LogP contribution in [0, 0.1) is 28.6 Å². The van der Waals surface area contributed by atoms with Crippen LogP contribution in [0.15, 0.2) is 0 Å². The summed E-state index contributed by atoms with van der Waals surface area (Å²) in [6.07, 6.45) is -1.79. The van der Waals surface area contributed by atoms with Gasteiger partial charge in [0.1, 0.15) is 16.8 Å². The first-order valence-corrected chi connectivity index (χ1v) is 10.1. The van der Waals surface area contributed by atoms with Gasteiger partial charge in [-0.1, -0.05) is 27.7 Å². The summed E-state index contributed by atoms with van der Waals surface area (Å²) in [7, 11) is 0. The Kier molecular flexibility index (Phi) is 2.96. The lowest BCUT2D eigenvalue weighted by Gasteiger charge is -2.60. The lowest BCUT2D eigenvalue weighted by atomic mass is 9.54. The Morgan fingerprint density at radius 1 is 1.00 bits per heavy atom. The summed E-state index contributed by atoms with van der Waals surface area (Å²) in [6.45, 7) is 8.59. The van der Waals surface area contributed by atoms with Gasteiger partial charge in [0.25, 0.3) is 0 Å². The van der Waals surface area contributed by atoms with Gasteiger partial charge in [-0.05, 0) is 31.6 Å². The Bertz CT molecular complexity index is 744. The molecule has 6 bridgehead atoms. The fraction of sp³-hybridized carbons (Fsp3) is 1.00. The topological polar surface area (TPSA) is 131 Å². The number of hydrogen-bond donors (Lipinski definition) is 6. The minimum atomic E-state index is -1.98. The van der Waals surface area contributed by atoms with Gasteiger partial charge in [0.15, 0.2) is 11.4 Å². The molecule has 0 aromatic rings. The highest BCUT2D eigenvalue weighted by atomic mass is 16.7. The van der Waals surface area contributed by atoms with Crippen molar-refractivity contribution in [3.05, 3.63) is 0 Å². The molecule has 0 aromatic heterocycles. The van der Waals surface area contributed by atoms with E-state index in [1.807, 2.05) is 6.92 Å². The third-order valence-electron chi connectivity index (χ3n) is 10.1. The van der Waals surface area contributed by atoms with Crippen LogP contribution >= 0.6 is 0 Å². The zero-order chi connectivity index (χ0) is 20.2. The van der Waals surface area contributed by atoms with E-state index in [1.165, 1.54) is 0 Å². The van der Waals surface area contributed by atoms with Gasteiger partial charge in [0.2, 0.25) is 0 Å². The first-order valence-electron chi connectivity index (χ1n) is 10.1. The maximum atomic E-state index is 12.3. The summed E-state index contributed by atoms with van der Waals surface area (Å²) < 4.78 is 6.15. The van der Waals surface area contributed by atoms with Crippen molar-refractivity contribution < 1.29 is 35.4 Å². The number of aliphatic hydroxyl groups is 6. The first-order chi connectivity index (χ1) is 12.2. The number of hydrogen-bond acceptors (Lipinski definition) is 7. The molecule has 6 fully saturated rings. The molecule has 11 atom stereocenters. The molecule has 6 N–H and O–H groups in total. The molecule has 2 heterocycles.